The number of nitrogens with zero attached hydrogens (tertiary/aromatic N) is 1. The second kappa shape index (κ2) is 10.6. The van der Waals surface area contributed by atoms with Gasteiger partial charge in [0.05, 0.1) is 0 Å². The molecule has 4 nitrogen and oxygen atoms in total. The Morgan fingerprint density at radius 2 is 1.50 bits per heavy atom. The van der Waals surface area contributed by atoms with Gasteiger partial charge in [0, 0.05) is 19.6 Å². The lowest BCUT2D eigenvalue weighted by Crippen LogP contribution is -2.41. The fourth-order valence-electron chi connectivity index (χ4n) is 3.81. The van der Waals surface area contributed by atoms with Crippen LogP contribution in [0.15, 0.2) is 60.7 Å². The second-order valence-corrected chi connectivity index (χ2v) is 7.63. The summed E-state index contributed by atoms with van der Waals surface area (Å²) in [7, 11) is 0. The van der Waals surface area contributed by atoms with Crippen molar-refractivity contribution < 1.29 is 9.59 Å². The largest absolute Gasteiger partial charge is 0.356 e. The zero-order valence-corrected chi connectivity index (χ0v) is 16.5. The number of nitrogens with one attached hydrogen (secondary N) is 1. The Hall–Kier alpha value is -2.62. The minimum atomic E-state index is -0.163. The molecule has 0 aromatic heterocycles. The lowest BCUT2D eigenvalue weighted by molar-refractivity contribution is -0.137. The van der Waals surface area contributed by atoms with E-state index in [4.69, 9.17) is 0 Å². The first-order valence-electron chi connectivity index (χ1n) is 10.3. The van der Waals surface area contributed by atoms with Crippen molar-refractivity contribution in [2.75, 3.05) is 19.6 Å². The van der Waals surface area contributed by atoms with E-state index in [1.54, 1.807) is 0 Å². The summed E-state index contributed by atoms with van der Waals surface area (Å²) in [4.78, 5) is 26.3. The predicted octanol–water partition coefficient (Wildman–Crippen LogP) is 3.61. The molecule has 1 N–H and O–H groups in total. The van der Waals surface area contributed by atoms with E-state index in [-0.39, 0.29) is 18.2 Å². The summed E-state index contributed by atoms with van der Waals surface area (Å²) in [5.41, 5.74) is 2.63. The highest BCUT2D eigenvalue weighted by molar-refractivity contribution is 5.96. The SMILES string of the molecule is O=C(CC(=O)N1CCC(Cc2ccccc2)CC1)NCCCc1ccccc1. The number of benzene rings is 2. The topological polar surface area (TPSA) is 49.4 Å². The van der Waals surface area contributed by atoms with Crippen LogP contribution in [0.1, 0.15) is 36.8 Å². The molecule has 148 valence electrons. The van der Waals surface area contributed by atoms with E-state index in [1.165, 1.54) is 11.1 Å². The number of aryl methyl sites for hydroxylation is 1. The van der Waals surface area contributed by atoms with E-state index >= 15 is 0 Å². The molecule has 1 aliphatic heterocycles. The Balaban J connectivity index is 1.31. The monoisotopic (exact) mass is 378 g/mol. The number of amides is 2. The van der Waals surface area contributed by atoms with Crippen molar-refractivity contribution in [2.45, 2.75) is 38.5 Å². The van der Waals surface area contributed by atoms with E-state index in [0.29, 0.717) is 12.5 Å². The molecule has 1 saturated heterocycles. The van der Waals surface area contributed by atoms with Gasteiger partial charge in [-0.3, -0.25) is 9.59 Å². The first-order chi connectivity index (χ1) is 13.7. The molecule has 0 bridgehead atoms. The highest BCUT2D eigenvalue weighted by atomic mass is 16.2. The zero-order chi connectivity index (χ0) is 19.6. The number of piperidine rings is 1. The molecule has 2 amide bonds. The molecule has 0 unspecified atom stereocenters. The van der Waals surface area contributed by atoms with E-state index < -0.39 is 0 Å². The lowest BCUT2D eigenvalue weighted by atomic mass is 9.90. The van der Waals surface area contributed by atoms with Crippen molar-refractivity contribution in [3.8, 4) is 0 Å². The average Bonchev–Trinajstić information content (AvgIpc) is 2.73. The molecule has 0 radical (unpaired) electrons. The van der Waals surface area contributed by atoms with Crippen molar-refractivity contribution in [1.29, 1.82) is 0 Å². The van der Waals surface area contributed by atoms with Crippen LogP contribution >= 0.6 is 0 Å². The molecule has 28 heavy (non-hydrogen) atoms. The van der Waals surface area contributed by atoms with Gasteiger partial charge in [-0.05, 0) is 49.1 Å². The molecule has 1 heterocycles. The number of hydrogen-bond acceptors (Lipinski definition) is 2. The Labute approximate surface area is 167 Å². The number of hydrogen-bond donors (Lipinski definition) is 1. The molecular weight excluding hydrogens is 348 g/mol. The van der Waals surface area contributed by atoms with Gasteiger partial charge in [0.2, 0.25) is 11.8 Å². The van der Waals surface area contributed by atoms with E-state index in [1.807, 2.05) is 29.2 Å². The van der Waals surface area contributed by atoms with E-state index in [9.17, 15) is 9.59 Å². The number of likely N-dealkylation sites (tertiary alicyclic amines) is 1. The molecule has 0 spiro atoms. The minimum absolute atomic E-state index is 0.0330. The second-order valence-electron chi connectivity index (χ2n) is 7.63. The normalized spacial score (nSPS) is 14.6. The molecule has 3 rings (SSSR count). The van der Waals surface area contributed by atoms with Gasteiger partial charge >= 0.3 is 0 Å². The predicted molar refractivity (Wildman–Crippen MR) is 112 cm³/mol. The van der Waals surface area contributed by atoms with Crippen LogP contribution in [-0.2, 0) is 22.4 Å². The van der Waals surface area contributed by atoms with Crippen LogP contribution in [0.3, 0.4) is 0 Å². The fourth-order valence-corrected chi connectivity index (χ4v) is 3.81. The molecule has 4 heteroatoms. The average molecular weight is 379 g/mol. The van der Waals surface area contributed by atoms with Gasteiger partial charge in [-0.15, -0.1) is 0 Å². The summed E-state index contributed by atoms with van der Waals surface area (Å²) in [6.07, 6.45) is 4.89. The summed E-state index contributed by atoms with van der Waals surface area (Å²) in [5, 5.41) is 2.88. The molecule has 0 aliphatic carbocycles. The lowest BCUT2D eigenvalue weighted by Gasteiger charge is -2.32. The van der Waals surface area contributed by atoms with Gasteiger partial charge in [0.25, 0.3) is 0 Å². The molecule has 1 fully saturated rings. The maximum Gasteiger partial charge on any atom is 0.232 e. The van der Waals surface area contributed by atoms with Crippen LogP contribution in [0.25, 0.3) is 0 Å². The van der Waals surface area contributed by atoms with Crippen molar-refractivity contribution >= 4 is 11.8 Å². The summed E-state index contributed by atoms with van der Waals surface area (Å²) in [6, 6.07) is 20.8. The van der Waals surface area contributed by atoms with Gasteiger partial charge in [0.1, 0.15) is 6.42 Å². The van der Waals surface area contributed by atoms with Crippen molar-refractivity contribution in [1.82, 2.24) is 10.2 Å². The zero-order valence-electron chi connectivity index (χ0n) is 16.5. The van der Waals surface area contributed by atoms with Gasteiger partial charge in [-0.2, -0.15) is 0 Å². The van der Waals surface area contributed by atoms with E-state index in [0.717, 1.165) is 45.2 Å². The number of rotatable bonds is 8. The fraction of sp³-hybridized carbons (Fsp3) is 0.417. The summed E-state index contributed by atoms with van der Waals surface area (Å²) < 4.78 is 0. The molecule has 2 aromatic carbocycles. The maximum absolute atomic E-state index is 12.4. The van der Waals surface area contributed by atoms with Crippen LogP contribution in [0, 0.1) is 5.92 Å². The molecule has 0 atom stereocenters. The number of carbonyl (C=O) groups is 2. The van der Waals surface area contributed by atoms with E-state index in [2.05, 4.69) is 41.7 Å². The van der Waals surface area contributed by atoms with Crippen molar-refractivity contribution in [3.05, 3.63) is 71.8 Å². The number of carbonyl (C=O) groups excluding carboxylic acids is 2. The van der Waals surface area contributed by atoms with Crippen molar-refractivity contribution in [3.63, 3.8) is 0 Å². The first kappa shape index (κ1) is 20.1. The summed E-state index contributed by atoms with van der Waals surface area (Å²) in [6.45, 7) is 2.13. The van der Waals surface area contributed by atoms with Crippen LogP contribution in [0.2, 0.25) is 0 Å². The summed E-state index contributed by atoms with van der Waals surface area (Å²) in [5.74, 6) is 0.418. The van der Waals surface area contributed by atoms with Gasteiger partial charge in [-0.1, -0.05) is 60.7 Å². The quantitative estimate of drug-likeness (QED) is 0.564. The van der Waals surface area contributed by atoms with Gasteiger partial charge < -0.3 is 10.2 Å². The Morgan fingerprint density at radius 1 is 0.893 bits per heavy atom. The maximum atomic E-state index is 12.4. The van der Waals surface area contributed by atoms with Gasteiger partial charge in [0.15, 0.2) is 0 Å². The standard InChI is InChI=1S/C24H30N2O2/c27-23(25-15-7-12-20-8-3-1-4-9-20)19-24(28)26-16-13-22(14-17-26)18-21-10-5-2-6-11-21/h1-6,8-11,22H,7,12-19H2,(H,25,27). The molecule has 2 aromatic rings. The molecular formula is C24H30N2O2. The Morgan fingerprint density at radius 3 is 2.14 bits per heavy atom. The molecule has 1 aliphatic rings. The highest BCUT2D eigenvalue weighted by Crippen LogP contribution is 2.22. The Bertz CT molecular complexity index is 738. The minimum Gasteiger partial charge on any atom is -0.356 e. The van der Waals surface area contributed by atoms with Crippen LogP contribution in [0.4, 0.5) is 0 Å². The Kier molecular flexibility index (Phi) is 7.65. The third kappa shape index (κ3) is 6.52. The van der Waals surface area contributed by atoms with Gasteiger partial charge in [-0.25, -0.2) is 0 Å². The van der Waals surface area contributed by atoms with Crippen LogP contribution < -0.4 is 5.32 Å². The van der Waals surface area contributed by atoms with Crippen molar-refractivity contribution in [2.24, 2.45) is 5.92 Å². The third-order valence-electron chi connectivity index (χ3n) is 5.45. The molecule has 0 saturated carbocycles. The third-order valence-corrected chi connectivity index (χ3v) is 5.45. The smallest absolute Gasteiger partial charge is 0.232 e. The van der Waals surface area contributed by atoms with Crippen LogP contribution in [0.5, 0.6) is 0 Å². The van der Waals surface area contributed by atoms with Crippen LogP contribution in [-0.4, -0.2) is 36.3 Å². The first-order valence-corrected chi connectivity index (χ1v) is 10.3. The highest BCUT2D eigenvalue weighted by Gasteiger charge is 2.24. The summed E-state index contributed by atoms with van der Waals surface area (Å²) >= 11 is 0.